The number of nitrogens with zero attached hydrogens (tertiary/aromatic N) is 2. The van der Waals surface area contributed by atoms with Gasteiger partial charge in [0, 0.05) is 11.6 Å². The van der Waals surface area contributed by atoms with Crippen LogP contribution in [0.5, 0.6) is 0 Å². The van der Waals surface area contributed by atoms with Gasteiger partial charge in [-0.05, 0) is 81.7 Å². The van der Waals surface area contributed by atoms with Gasteiger partial charge in [0.2, 0.25) is 5.91 Å². The Morgan fingerprint density at radius 3 is 2.34 bits per heavy atom. The first-order valence-corrected chi connectivity index (χ1v) is 13.0. The highest BCUT2D eigenvalue weighted by atomic mass is 35.5. The summed E-state index contributed by atoms with van der Waals surface area (Å²) in [5, 5.41) is 3.35. The highest BCUT2D eigenvalue weighted by Gasteiger charge is 2.28. The predicted octanol–water partition coefficient (Wildman–Crippen LogP) is 4.23. The molecule has 0 aromatic heterocycles. The van der Waals surface area contributed by atoms with E-state index in [1.807, 2.05) is 19.1 Å². The van der Waals surface area contributed by atoms with Gasteiger partial charge >= 0.3 is 0 Å². The number of hydrogen-bond acceptors (Lipinski definition) is 4. The zero-order valence-electron chi connectivity index (χ0n) is 18.6. The maximum atomic E-state index is 13.4. The van der Waals surface area contributed by atoms with Gasteiger partial charge in [-0.3, -0.25) is 9.10 Å². The zero-order valence-corrected chi connectivity index (χ0v) is 20.2. The van der Waals surface area contributed by atoms with Crippen LogP contribution >= 0.6 is 11.6 Å². The topological polar surface area (TPSA) is 69.7 Å². The van der Waals surface area contributed by atoms with Crippen molar-refractivity contribution in [2.75, 3.05) is 37.0 Å². The summed E-state index contributed by atoms with van der Waals surface area (Å²) in [6.45, 7) is 5.27. The fourth-order valence-electron chi connectivity index (χ4n) is 3.95. The molecular weight excluding hydrogens is 446 g/mol. The summed E-state index contributed by atoms with van der Waals surface area (Å²) in [5.74, 6) is -0.318. The smallest absolute Gasteiger partial charge is 0.264 e. The summed E-state index contributed by atoms with van der Waals surface area (Å²) in [5.41, 5.74) is 1.26. The van der Waals surface area contributed by atoms with Gasteiger partial charge in [0.25, 0.3) is 10.0 Å². The van der Waals surface area contributed by atoms with E-state index in [1.165, 1.54) is 54.3 Å². The molecule has 1 amide bonds. The van der Waals surface area contributed by atoms with Crippen molar-refractivity contribution in [3.63, 3.8) is 0 Å². The standard InChI is InChI=1S/C24H32ClN3O3S/c1-20-9-4-5-10-23(20)28(32(30,31)22-13-11-21(25)12-14-22)19-24(29)26-15-8-18-27-16-6-2-3-7-17-27/h4-5,9-14H,2-3,6-8,15-19H2,1H3,(H,26,29). The Hall–Kier alpha value is -2.09. The van der Waals surface area contributed by atoms with Crippen molar-refractivity contribution in [3.8, 4) is 0 Å². The van der Waals surface area contributed by atoms with Gasteiger partial charge in [-0.25, -0.2) is 8.42 Å². The average molecular weight is 478 g/mol. The van der Waals surface area contributed by atoms with Crippen LogP contribution < -0.4 is 9.62 Å². The number of anilines is 1. The first kappa shape index (κ1) is 24.6. The molecular formula is C24H32ClN3O3S. The van der Waals surface area contributed by atoms with Crippen molar-refractivity contribution in [3.05, 3.63) is 59.1 Å². The number of sulfonamides is 1. The van der Waals surface area contributed by atoms with Gasteiger partial charge in [-0.15, -0.1) is 0 Å². The van der Waals surface area contributed by atoms with Crippen molar-refractivity contribution in [2.24, 2.45) is 0 Å². The van der Waals surface area contributed by atoms with Crippen LogP contribution in [0.1, 0.15) is 37.7 Å². The van der Waals surface area contributed by atoms with Gasteiger partial charge in [-0.2, -0.15) is 0 Å². The highest BCUT2D eigenvalue weighted by molar-refractivity contribution is 7.92. The Balaban J connectivity index is 1.67. The van der Waals surface area contributed by atoms with Crippen molar-refractivity contribution in [1.82, 2.24) is 10.2 Å². The van der Waals surface area contributed by atoms with Crippen LogP contribution in [0, 0.1) is 6.92 Å². The van der Waals surface area contributed by atoms with Gasteiger partial charge in [0.1, 0.15) is 6.54 Å². The number of aryl methyl sites for hydroxylation is 1. The van der Waals surface area contributed by atoms with Gasteiger partial charge in [0.15, 0.2) is 0 Å². The van der Waals surface area contributed by atoms with E-state index in [4.69, 9.17) is 11.6 Å². The van der Waals surface area contributed by atoms with E-state index in [9.17, 15) is 13.2 Å². The molecule has 1 heterocycles. The first-order chi connectivity index (χ1) is 15.4. The second-order valence-electron chi connectivity index (χ2n) is 8.21. The number of likely N-dealkylation sites (tertiary alicyclic amines) is 1. The first-order valence-electron chi connectivity index (χ1n) is 11.2. The number of nitrogens with one attached hydrogen (secondary N) is 1. The maximum absolute atomic E-state index is 13.4. The second-order valence-corrected chi connectivity index (χ2v) is 10.5. The Kier molecular flexibility index (Phi) is 8.96. The van der Waals surface area contributed by atoms with Crippen LogP contribution in [-0.2, 0) is 14.8 Å². The van der Waals surface area contributed by atoms with Crippen molar-refractivity contribution >= 4 is 33.2 Å². The fourth-order valence-corrected chi connectivity index (χ4v) is 5.56. The minimum Gasteiger partial charge on any atom is -0.354 e. The third kappa shape index (κ3) is 6.70. The molecule has 1 fully saturated rings. The molecule has 1 aliphatic heterocycles. The zero-order chi connectivity index (χ0) is 23.0. The van der Waals surface area contributed by atoms with Gasteiger partial charge in [0.05, 0.1) is 10.6 Å². The van der Waals surface area contributed by atoms with E-state index in [-0.39, 0.29) is 17.3 Å². The van der Waals surface area contributed by atoms with Crippen LogP contribution in [0.2, 0.25) is 5.02 Å². The number of para-hydroxylation sites is 1. The van der Waals surface area contributed by atoms with E-state index in [2.05, 4.69) is 10.2 Å². The average Bonchev–Trinajstić information content (AvgIpc) is 3.05. The van der Waals surface area contributed by atoms with Crippen molar-refractivity contribution in [1.29, 1.82) is 0 Å². The van der Waals surface area contributed by atoms with E-state index in [0.717, 1.165) is 31.6 Å². The van der Waals surface area contributed by atoms with Crippen LogP contribution in [0.4, 0.5) is 5.69 Å². The molecule has 0 saturated carbocycles. The third-order valence-electron chi connectivity index (χ3n) is 5.74. The lowest BCUT2D eigenvalue weighted by atomic mass is 10.2. The molecule has 1 N–H and O–H groups in total. The van der Waals surface area contributed by atoms with E-state index in [1.54, 1.807) is 12.1 Å². The summed E-state index contributed by atoms with van der Waals surface area (Å²) in [7, 11) is -3.93. The third-order valence-corrected chi connectivity index (χ3v) is 7.77. The minimum atomic E-state index is -3.93. The molecule has 0 atom stereocenters. The number of amides is 1. The fraction of sp³-hybridized carbons (Fsp3) is 0.458. The minimum absolute atomic E-state index is 0.0964. The largest absolute Gasteiger partial charge is 0.354 e. The molecule has 1 aliphatic rings. The van der Waals surface area contributed by atoms with Gasteiger partial charge in [-0.1, -0.05) is 42.6 Å². The second kappa shape index (κ2) is 11.7. The highest BCUT2D eigenvalue weighted by Crippen LogP contribution is 2.27. The van der Waals surface area contributed by atoms with Crippen LogP contribution in [0.3, 0.4) is 0 Å². The molecule has 0 radical (unpaired) electrons. The summed E-state index contributed by atoms with van der Waals surface area (Å²) >= 11 is 5.93. The Labute approximate surface area is 196 Å². The normalized spacial score (nSPS) is 15.2. The van der Waals surface area contributed by atoms with E-state index < -0.39 is 10.0 Å². The summed E-state index contributed by atoms with van der Waals surface area (Å²) in [6.07, 6.45) is 5.91. The lowest BCUT2D eigenvalue weighted by molar-refractivity contribution is -0.119. The number of carbonyl (C=O) groups excluding carboxylic acids is 1. The van der Waals surface area contributed by atoms with Crippen molar-refractivity contribution in [2.45, 2.75) is 43.9 Å². The monoisotopic (exact) mass is 477 g/mol. The summed E-state index contributed by atoms with van der Waals surface area (Å²) in [6, 6.07) is 13.2. The molecule has 3 rings (SSSR count). The van der Waals surface area contributed by atoms with Crippen LogP contribution in [0.25, 0.3) is 0 Å². The maximum Gasteiger partial charge on any atom is 0.264 e. The Bertz CT molecular complexity index is 988. The molecule has 0 spiro atoms. The quantitative estimate of drug-likeness (QED) is 0.549. The van der Waals surface area contributed by atoms with Crippen molar-refractivity contribution < 1.29 is 13.2 Å². The molecule has 2 aromatic carbocycles. The summed E-state index contributed by atoms with van der Waals surface area (Å²) < 4.78 is 28.0. The van der Waals surface area contributed by atoms with E-state index >= 15 is 0 Å². The molecule has 174 valence electrons. The lowest BCUT2D eigenvalue weighted by Crippen LogP contribution is -2.41. The van der Waals surface area contributed by atoms with E-state index in [0.29, 0.717) is 17.3 Å². The number of halogens is 1. The number of carbonyl (C=O) groups is 1. The van der Waals surface area contributed by atoms with Crippen LogP contribution in [0.15, 0.2) is 53.4 Å². The molecule has 8 heteroatoms. The van der Waals surface area contributed by atoms with Gasteiger partial charge < -0.3 is 10.2 Å². The number of rotatable bonds is 9. The molecule has 6 nitrogen and oxygen atoms in total. The number of hydrogen-bond donors (Lipinski definition) is 1. The molecule has 0 aliphatic carbocycles. The molecule has 0 unspecified atom stereocenters. The SMILES string of the molecule is Cc1ccccc1N(CC(=O)NCCCN1CCCCCC1)S(=O)(=O)c1ccc(Cl)cc1. The molecule has 2 aromatic rings. The molecule has 1 saturated heterocycles. The Morgan fingerprint density at radius 2 is 1.69 bits per heavy atom. The molecule has 32 heavy (non-hydrogen) atoms. The predicted molar refractivity (Wildman–Crippen MR) is 130 cm³/mol. The lowest BCUT2D eigenvalue weighted by Gasteiger charge is -2.26. The molecule has 0 bridgehead atoms. The Morgan fingerprint density at radius 1 is 1.03 bits per heavy atom. The van der Waals surface area contributed by atoms with Crippen LogP contribution in [-0.4, -0.2) is 51.9 Å². The summed E-state index contributed by atoms with van der Waals surface area (Å²) in [4.78, 5) is 15.3. The number of benzene rings is 2.